The molecule has 4 rings (SSSR count). The average Bonchev–Trinajstić information content (AvgIpc) is 3.52. The highest BCUT2D eigenvalue weighted by Gasteiger charge is 2.34. The van der Waals surface area contributed by atoms with Crippen molar-refractivity contribution in [3.05, 3.63) is 40.4 Å². The Bertz CT molecular complexity index is 1170. The number of amides is 4. The van der Waals surface area contributed by atoms with E-state index in [1.807, 2.05) is 0 Å². The minimum atomic E-state index is -1.28. The Balaban J connectivity index is 1.36. The van der Waals surface area contributed by atoms with Crippen molar-refractivity contribution in [2.75, 3.05) is 49.1 Å². The van der Waals surface area contributed by atoms with Gasteiger partial charge in [-0.15, -0.1) is 11.3 Å². The van der Waals surface area contributed by atoms with E-state index in [9.17, 15) is 19.2 Å². The van der Waals surface area contributed by atoms with E-state index in [0.717, 1.165) is 17.0 Å². The molecule has 0 aliphatic carbocycles. The molecule has 12 nitrogen and oxygen atoms in total. The number of carbonyl (C=O) groups excluding carboxylic acids is 3. The summed E-state index contributed by atoms with van der Waals surface area (Å²) < 4.78 is 35.1. The average molecular weight is 539 g/mol. The molecule has 2 aliphatic heterocycles. The molecule has 3 heterocycles. The second kappa shape index (κ2) is 10.9. The Morgan fingerprint density at radius 2 is 1.89 bits per heavy atom. The van der Waals surface area contributed by atoms with Crippen molar-refractivity contribution < 1.29 is 37.8 Å². The first kappa shape index (κ1) is 26.1. The summed E-state index contributed by atoms with van der Waals surface area (Å²) in [5.41, 5.74) is 1.40. The van der Waals surface area contributed by atoms with E-state index in [2.05, 4.69) is 15.6 Å². The normalized spacial score (nSPS) is 18.4. The van der Waals surface area contributed by atoms with Gasteiger partial charge in [-0.2, -0.15) is 0 Å². The summed E-state index contributed by atoms with van der Waals surface area (Å²) in [6.45, 7) is 2.01. The van der Waals surface area contributed by atoms with Crippen molar-refractivity contribution in [3.63, 3.8) is 0 Å². The zero-order chi connectivity index (χ0) is 26.7. The monoisotopic (exact) mass is 538 g/mol. The molecule has 2 aliphatic rings. The number of carbonyl (C=O) groups is 4. The summed E-state index contributed by atoms with van der Waals surface area (Å²) in [5, 5.41) is 14.9. The molecule has 15 heteroatoms. The van der Waals surface area contributed by atoms with E-state index in [4.69, 9.17) is 9.84 Å². The zero-order valence-electron chi connectivity index (χ0n) is 19.6. The van der Waals surface area contributed by atoms with Crippen LogP contribution in [0.15, 0.2) is 23.0 Å². The lowest BCUT2D eigenvalue weighted by atomic mass is 10.1. The van der Waals surface area contributed by atoms with Gasteiger partial charge in [0.05, 0.1) is 24.3 Å². The summed E-state index contributed by atoms with van der Waals surface area (Å²) in [5.74, 6) is -2.56. The van der Waals surface area contributed by atoms with Crippen molar-refractivity contribution in [1.29, 1.82) is 0 Å². The third-order valence-electron chi connectivity index (χ3n) is 5.96. The number of benzene rings is 1. The number of thiazole rings is 1. The molecular formula is C22H24F2N6O6S. The number of cyclic esters (lactones) is 1. The van der Waals surface area contributed by atoms with Crippen molar-refractivity contribution in [1.82, 2.24) is 20.5 Å². The van der Waals surface area contributed by atoms with E-state index >= 15 is 8.78 Å². The van der Waals surface area contributed by atoms with Crippen molar-refractivity contribution in [3.8, 4) is 0 Å². The molecule has 0 unspecified atom stereocenters. The summed E-state index contributed by atoms with van der Waals surface area (Å²) in [6.07, 6.45) is -2.92. The second-order valence-corrected chi connectivity index (χ2v) is 9.16. The molecule has 2 fully saturated rings. The number of hydrogen-bond donors (Lipinski definition) is 3. The fourth-order valence-corrected chi connectivity index (χ4v) is 4.66. The molecular weight excluding hydrogens is 514 g/mol. The minimum Gasteiger partial charge on any atom is -0.465 e. The maximum atomic E-state index is 15.0. The fourth-order valence-electron chi connectivity index (χ4n) is 4.13. The SMILES string of the molecule is C[C@H](NC(=O)c1cscn1)C(=O)N1CCN(c2c(F)cc(N3C[C@H](CNC(=O)O)OC3=O)cc2F)CC1. The van der Waals surface area contributed by atoms with Gasteiger partial charge in [-0.3, -0.25) is 14.5 Å². The number of carboxylic acid groups (broad SMARTS) is 1. The molecule has 2 saturated heterocycles. The lowest BCUT2D eigenvalue weighted by Gasteiger charge is -2.37. The number of halogens is 2. The van der Waals surface area contributed by atoms with Gasteiger partial charge in [-0.05, 0) is 6.92 Å². The van der Waals surface area contributed by atoms with Gasteiger partial charge in [0.15, 0.2) is 11.6 Å². The minimum absolute atomic E-state index is 0.0555. The molecule has 3 N–H and O–H groups in total. The van der Waals surface area contributed by atoms with Gasteiger partial charge in [-0.25, -0.2) is 23.4 Å². The van der Waals surface area contributed by atoms with Crippen molar-refractivity contribution in [2.45, 2.75) is 19.1 Å². The molecule has 37 heavy (non-hydrogen) atoms. The maximum absolute atomic E-state index is 15.0. The zero-order valence-corrected chi connectivity index (χ0v) is 20.5. The number of nitrogens with zero attached hydrogens (tertiary/aromatic N) is 4. The predicted molar refractivity (Wildman–Crippen MR) is 128 cm³/mol. The molecule has 0 bridgehead atoms. The first-order valence-electron chi connectivity index (χ1n) is 11.3. The molecule has 1 aromatic heterocycles. The van der Waals surface area contributed by atoms with Crippen LogP contribution in [0.4, 0.5) is 29.7 Å². The topological polar surface area (TPSA) is 144 Å². The summed E-state index contributed by atoms with van der Waals surface area (Å²) in [4.78, 5) is 55.6. The van der Waals surface area contributed by atoms with Crippen LogP contribution in [0.5, 0.6) is 0 Å². The van der Waals surface area contributed by atoms with Gasteiger partial charge in [0.25, 0.3) is 5.91 Å². The Hall–Kier alpha value is -4.01. The molecule has 2 aromatic rings. The van der Waals surface area contributed by atoms with E-state index in [0.29, 0.717) is 0 Å². The number of ether oxygens (including phenoxy) is 1. The smallest absolute Gasteiger partial charge is 0.414 e. The van der Waals surface area contributed by atoms with Gasteiger partial charge in [0.1, 0.15) is 23.5 Å². The van der Waals surface area contributed by atoms with Gasteiger partial charge in [0, 0.05) is 43.7 Å². The Morgan fingerprint density at radius 1 is 1.22 bits per heavy atom. The van der Waals surface area contributed by atoms with Crippen LogP contribution in [0, 0.1) is 11.6 Å². The quantitative estimate of drug-likeness (QED) is 0.481. The molecule has 4 amide bonds. The second-order valence-electron chi connectivity index (χ2n) is 8.44. The first-order chi connectivity index (χ1) is 17.6. The van der Waals surface area contributed by atoms with Crippen LogP contribution in [0.25, 0.3) is 0 Å². The number of hydrogen-bond acceptors (Lipinski definition) is 8. The number of anilines is 2. The summed E-state index contributed by atoms with van der Waals surface area (Å²) in [7, 11) is 0. The number of nitrogens with one attached hydrogen (secondary N) is 2. The Kier molecular flexibility index (Phi) is 7.71. The van der Waals surface area contributed by atoms with Crippen LogP contribution in [0.1, 0.15) is 17.4 Å². The van der Waals surface area contributed by atoms with E-state index in [1.54, 1.807) is 12.3 Å². The lowest BCUT2D eigenvalue weighted by molar-refractivity contribution is -0.133. The van der Waals surface area contributed by atoms with Crippen LogP contribution in [0.3, 0.4) is 0 Å². The van der Waals surface area contributed by atoms with E-state index < -0.39 is 41.9 Å². The van der Waals surface area contributed by atoms with Gasteiger partial charge < -0.3 is 30.3 Å². The number of piperazine rings is 1. The molecule has 198 valence electrons. The fraction of sp³-hybridized carbons (Fsp3) is 0.409. The van der Waals surface area contributed by atoms with Crippen LogP contribution in [0.2, 0.25) is 0 Å². The van der Waals surface area contributed by atoms with E-state index in [-0.39, 0.29) is 62.2 Å². The molecule has 2 atom stereocenters. The molecule has 0 spiro atoms. The summed E-state index contributed by atoms with van der Waals surface area (Å²) in [6, 6.07) is 1.23. The maximum Gasteiger partial charge on any atom is 0.414 e. The third kappa shape index (κ3) is 5.87. The largest absolute Gasteiger partial charge is 0.465 e. The highest BCUT2D eigenvalue weighted by atomic mass is 32.1. The van der Waals surface area contributed by atoms with Crippen molar-refractivity contribution in [2.24, 2.45) is 0 Å². The summed E-state index contributed by atoms with van der Waals surface area (Å²) >= 11 is 1.26. The van der Waals surface area contributed by atoms with Crippen LogP contribution in [-0.4, -0.2) is 90.4 Å². The molecule has 0 radical (unpaired) electrons. The van der Waals surface area contributed by atoms with Gasteiger partial charge in [0.2, 0.25) is 5.91 Å². The highest BCUT2D eigenvalue weighted by molar-refractivity contribution is 7.07. The standard InChI is InChI=1S/C22H24F2N6O6S/c1-12(27-19(31)17-10-37-11-26-17)20(32)29-4-2-28(3-5-29)18-15(23)6-13(7-16(18)24)30-9-14(36-22(30)35)8-25-21(33)34/h6-7,10-12,14,25H,2-5,8-9H2,1H3,(H,27,31)(H,33,34)/t12-,14-/m0/s1. The molecule has 1 aromatic carbocycles. The van der Waals surface area contributed by atoms with Crippen LogP contribution >= 0.6 is 11.3 Å². The Labute approximate surface area is 213 Å². The Morgan fingerprint density at radius 3 is 2.49 bits per heavy atom. The van der Waals surface area contributed by atoms with Gasteiger partial charge in [-0.1, -0.05) is 0 Å². The number of aromatic nitrogens is 1. The van der Waals surface area contributed by atoms with E-state index in [1.165, 1.54) is 26.6 Å². The van der Waals surface area contributed by atoms with Crippen LogP contribution < -0.4 is 20.4 Å². The van der Waals surface area contributed by atoms with Crippen LogP contribution in [-0.2, 0) is 9.53 Å². The number of rotatable bonds is 7. The predicted octanol–water partition coefficient (Wildman–Crippen LogP) is 1.48. The third-order valence-corrected chi connectivity index (χ3v) is 6.55. The molecule has 0 saturated carbocycles. The van der Waals surface area contributed by atoms with Crippen molar-refractivity contribution >= 4 is 46.7 Å². The lowest BCUT2D eigenvalue weighted by Crippen LogP contribution is -2.54. The first-order valence-corrected chi connectivity index (χ1v) is 12.2. The van der Waals surface area contributed by atoms with Gasteiger partial charge >= 0.3 is 12.2 Å². The highest BCUT2D eigenvalue weighted by Crippen LogP contribution is 2.31.